The van der Waals surface area contributed by atoms with Gasteiger partial charge < -0.3 is 9.80 Å². The van der Waals surface area contributed by atoms with Gasteiger partial charge in [0.1, 0.15) is 8.64 Å². The van der Waals surface area contributed by atoms with Crippen molar-refractivity contribution >= 4 is 78.2 Å². The Morgan fingerprint density at radius 3 is 1.57 bits per heavy atom. The van der Waals surface area contributed by atoms with Gasteiger partial charge in [-0.2, -0.15) is 0 Å². The Hall–Kier alpha value is -0.380. The third-order valence-electron chi connectivity index (χ3n) is 4.61. The Bertz CT molecular complexity index is 929. The maximum Gasteiger partial charge on any atom is 0.137 e. The predicted octanol–water partition coefficient (Wildman–Crippen LogP) is 6.17. The number of hydrogen-bond donors (Lipinski definition) is 0. The fourth-order valence-electron chi connectivity index (χ4n) is 3.16. The lowest BCUT2D eigenvalue weighted by Crippen LogP contribution is -2.25. The summed E-state index contributed by atoms with van der Waals surface area (Å²) >= 11 is 13.8. The molecule has 0 saturated carbocycles. The summed E-state index contributed by atoms with van der Waals surface area (Å²) < 4.78 is 36.0. The zero-order valence-corrected chi connectivity index (χ0v) is 21.0. The topological polar surface area (TPSA) is 6.48 Å². The summed E-state index contributed by atoms with van der Waals surface area (Å²) in [6, 6.07) is 20.1. The molecule has 0 spiro atoms. The first-order valence-electron chi connectivity index (χ1n) is 11.5. The van der Waals surface area contributed by atoms with E-state index in [4.69, 9.17) is 29.9 Å². The molecule has 2 saturated heterocycles. The van der Waals surface area contributed by atoms with Crippen molar-refractivity contribution in [1.29, 1.82) is 0 Å². The number of benzene rings is 2. The van der Waals surface area contributed by atoms with Crippen LogP contribution in [0.3, 0.4) is 0 Å². The van der Waals surface area contributed by atoms with Gasteiger partial charge in [0.25, 0.3) is 0 Å². The first-order valence-corrected chi connectivity index (χ1v) is 14.2. The van der Waals surface area contributed by atoms with E-state index in [1.165, 1.54) is 23.5 Å². The van der Waals surface area contributed by atoms with Crippen LogP contribution in [0.25, 0.3) is 0 Å². The molecule has 8 heteroatoms. The molecule has 0 bridgehead atoms. The Morgan fingerprint density at radius 2 is 1.17 bits per heavy atom. The van der Waals surface area contributed by atoms with Crippen LogP contribution in [-0.4, -0.2) is 53.4 Å². The third-order valence-corrected chi connectivity index (χ3v) is 9.70. The lowest BCUT2D eigenvalue weighted by atomic mass is 10.2. The van der Waals surface area contributed by atoms with Crippen LogP contribution in [0.4, 0.5) is 0 Å². The molecule has 30 heavy (non-hydrogen) atoms. The molecule has 2 aliphatic heterocycles. The summed E-state index contributed by atoms with van der Waals surface area (Å²) in [4.78, 5) is 4.06. The molecule has 2 nitrogen and oxygen atoms in total. The van der Waals surface area contributed by atoms with Gasteiger partial charge >= 0.3 is 0 Å². The zero-order chi connectivity index (χ0) is 24.3. The average molecular weight is 513 g/mol. The van der Waals surface area contributed by atoms with Crippen molar-refractivity contribution < 1.29 is 5.48 Å². The first kappa shape index (κ1) is 18.1. The van der Waals surface area contributed by atoms with E-state index in [0.29, 0.717) is 34.8 Å². The molecule has 2 aromatic rings. The molecule has 0 amide bonds. The van der Waals surface area contributed by atoms with Crippen LogP contribution in [0, 0.1) is 0 Å². The molecule has 2 atom stereocenters. The monoisotopic (exact) mass is 512 g/mol. The van der Waals surface area contributed by atoms with Crippen molar-refractivity contribution in [2.24, 2.45) is 0 Å². The van der Waals surface area contributed by atoms with Gasteiger partial charge in [-0.1, -0.05) is 130 Å². The van der Waals surface area contributed by atoms with E-state index in [1.54, 1.807) is 0 Å². The molecule has 2 unspecified atom stereocenters. The number of nitrogens with zero attached hydrogens (tertiary/aromatic N) is 2. The van der Waals surface area contributed by atoms with Crippen LogP contribution < -0.4 is 0 Å². The van der Waals surface area contributed by atoms with E-state index in [1.807, 2.05) is 70.5 Å². The van der Waals surface area contributed by atoms with Crippen molar-refractivity contribution in [2.45, 2.75) is 23.6 Å². The molecule has 2 aromatic carbocycles. The number of thioether (sulfide) groups is 2. The molecule has 4 rings (SSSR count). The van der Waals surface area contributed by atoms with Gasteiger partial charge in [-0.25, -0.2) is 0 Å². The van der Waals surface area contributed by atoms with Crippen LogP contribution in [-0.2, 0) is 13.1 Å². The van der Waals surface area contributed by atoms with E-state index >= 15 is 0 Å². The molecule has 158 valence electrons. The largest absolute Gasteiger partial charge is 0.352 e. The molecule has 2 aliphatic rings. The Morgan fingerprint density at radius 1 is 0.767 bits per heavy atom. The summed E-state index contributed by atoms with van der Waals surface area (Å²) in [7, 11) is 1.96. The van der Waals surface area contributed by atoms with Gasteiger partial charge in [0.05, 0.1) is 0 Å². The normalized spacial score (nSPS) is 24.5. The van der Waals surface area contributed by atoms with Crippen molar-refractivity contribution in [3.63, 3.8) is 0 Å². The smallest absolute Gasteiger partial charge is 0.137 e. The van der Waals surface area contributed by atoms with E-state index < -0.39 is 11.4 Å². The summed E-state index contributed by atoms with van der Waals surface area (Å²) in [5, 5.41) is -0.715. The number of hydrogen-bond acceptors (Lipinski definition) is 6. The molecular formula is C22H24N2S6. The number of thiocarbonyl (C=S) groups is 2. The highest BCUT2D eigenvalue weighted by Crippen LogP contribution is 2.36. The standard InChI is InChI=1S/C22H24N2S6/c25-21-23(11-17-7-3-1-4-8-17)13-19(29-21)15-27-28-16-20-14-24(22(26)30-20)12-18-9-5-2-6-10-18/h1-10,19-20H,11-16H2/i15D2,16D2. The van der Waals surface area contributed by atoms with Crippen LogP contribution in [0.1, 0.15) is 16.6 Å². The quantitative estimate of drug-likeness (QED) is 0.287. The van der Waals surface area contributed by atoms with E-state index in [2.05, 4.69) is 0 Å². The molecule has 0 radical (unpaired) electrons. The second kappa shape index (κ2) is 11.5. The second-order valence-electron chi connectivity index (χ2n) is 6.88. The van der Waals surface area contributed by atoms with Crippen molar-refractivity contribution in [3.8, 4) is 0 Å². The van der Waals surface area contributed by atoms with Crippen molar-refractivity contribution in [1.82, 2.24) is 9.80 Å². The fourth-order valence-corrected chi connectivity index (χ4v) is 8.19. The molecule has 2 fully saturated rings. The average Bonchev–Trinajstić information content (AvgIpc) is 3.37. The highest BCUT2D eigenvalue weighted by Gasteiger charge is 2.29. The van der Waals surface area contributed by atoms with Crippen LogP contribution >= 0.6 is 69.5 Å². The molecule has 2 heterocycles. The highest BCUT2D eigenvalue weighted by atomic mass is 33.1. The van der Waals surface area contributed by atoms with E-state index in [-0.39, 0.29) is 10.5 Å². The molecule has 0 aromatic heterocycles. The Kier molecular flexibility index (Phi) is 6.92. The predicted molar refractivity (Wildman–Crippen MR) is 147 cm³/mol. The van der Waals surface area contributed by atoms with Crippen molar-refractivity contribution in [2.75, 3.05) is 24.5 Å². The zero-order valence-electron chi connectivity index (χ0n) is 20.1. The summed E-state index contributed by atoms with van der Waals surface area (Å²) in [5.41, 5.74) is -0.990. The number of rotatable bonds is 9. The SMILES string of the molecule is [2H]C([2H])(SSC([2H])([2H])C1CN(Cc2ccccc2)C(=S)S1)C1CN(Cc2ccccc2)C(=S)S1. The first-order chi connectivity index (χ1) is 16.1. The van der Waals surface area contributed by atoms with Gasteiger partial charge in [-0.3, -0.25) is 0 Å². The van der Waals surface area contributed by atoms with Gasteiger partial charge in [-0.15, -0.1) is 0 Å². The van der Waals surface area contributed by atoms with Crippen LogP contribution in [0.2, 0.25) is 0 Å². The Labute approximate surface area is 212 Å². The fraction of sp³-hybridized carbons (Fsp3) is 0.364. The minimum atomic E-state index is -1.63. The van der Waals surface area contributed by atoms with Crippen LogP contribution in [0.5, 0.6) is 0 Å². The maximum atomic E-state index is 8.65. The summed E-state index contributed by atoms with van der Waals surface area (Å²) in [5.74, 6) is 0. The summed E-state index contributed by atoms with van der Waals surface area (Å²) in [6.45, 7) is 2.33. The maximum absolute atomic E-state index is 8.65. The van der Waals surface area contributed by atoms with Crippen LogP contribution in [0.15, 0.2) is 60.7 Å². The van der Waals surface area contributed by atoms with Gasteiger partial charge in [0.2, 0.25) is 0 Å². The minimum Gasteiger partial charge on any atom is -0.352 e. The highest BCUT2D eigenvalue weighted by molar-refractivity contribution is 8.76. The van der Waals surface area contributed by atoms with Gasteiger partial charge in [0.15, 0.2) is 0 Å². The van der Waals surface area contributed by atoms with Crippen molar-refractivity contribution in [3.05, 3.63) is 71.8 Å². The van der Waals surface area contributed by atoms with E-state index in [0.717, 1.165) is 32.7 Å². The second-order valence-corrected chi connectivity index (χ2v) is 12.4. The third kappa shape index (κ3) is 6.56. The lowest BCUT2D eigenvalue weighted by Gasteiger charge is -2.17. The minimum absolute atomic E-state index is 0.358. The van der Waals surface area contributed by atoms with E-state index in [9.17, 15) is 0 Å². The molecule has 0 N–H and O–H groups in total. The summed E-state index contributed by atoms with van der Waals surface area (Å²) in [6.07, 6.45) is 0. The molecular weight excluding hydrogens is 485 g/mol. The van der Waals surface area contributed by atoms with Gasteiger partial charge in [0, 0.05) is 53.6 Å². The molecule has 0 aliphatic carbocycles. The Balaban J connectivity index is 1.31. The van der Waals surface area contributed by atoms with Gasteiger partial charge in [-0.05, 0) is 11.1 Å². The lowest BCUT2D eigenvalue weighted by molar-refractivity contribution is 0.444.